The van der Waals surface area contributed by atoms with Crippen molar-refractivity contribution in [3.63, 3.8) is 0 Å². The quantitative estimate of drug-likeness (QED) is 0.508. The first kappa shape index (κ1) is 46.4. The Kier molecular flexibility index (Phi) is 101. The minimum Gasteiger partial charge on any atom is -0.389 e. The van der Waals surface area contributed by atoms with Crippen LogP contribution in [0.5, 0.6) is 0 Å². The van der Waals surface area contributed by atoms with E-state index in [0.29, 0.717) is 0 Å². The maximum Gasteiger partial charge on any atom is 0.0761 e. The number of aliphatic hydroxyl groups excluding tert-OH is 1. The van der Waals surface area contributed by atoms with Gasteiger partial charge >= 0.3 is 0 Å². The summed E-state index contributed by atoms with van der Waals surface area (Å²) in [7, 11) is 0. The first-order valence-electron chi connectivity index (χ1n) is 12.6. The number of aliphatic hydroxyl groups is 1. The summed E-state index contributed by atoms with van der Waals surface area (Å²) in [5.74, 6) is 0. The minimum absolute atomic E-state index is 0.347. The normalized spacial score (nSPS) is 8.03. The van der Waals surface area contributed by atoms with Gasteiger partial charge in [-0.05, 0) is 19.4 Å². The molecule has 1 heteroatoms. The lowest BCUT2D eigenvalue weighted by molar-refractivity contribution is 0.199. The van der Waals surface area contributed by atoms with Crippen LogP contribution >= 0.6 is 0 Å². The molecule has 0 amide bonds. The summed E-state index contributed by atoms with van der Waals surface area (Å²) >= 11 is 0. The number of aryl methyl sites for hydroxylation is 1. The van der Waals surface area contributed by atoms with Crippen LogP contribution in [0.25, 0.3) is 0 Å². The number of rotatable bonds is 2. The van der Waals surface area contributed by atoms with Crippen LogP contribution in [0.3, 0.4) is 0 Å². The molecule has 0 aromatic heterocycles. The highest BCUT2D eigenvalue weighted by Crippen LogP contribution is 2.11. The highest BCUT2D eigenvalue weighted by atomic mass is 16.3. The lowest BCUT2D eigenvalue weighted by Gasteiger charge is -2.02. The van der Waals surface area contributed by atoms with E-state index in [1.807, 2.05) is 72.7 Å². The van der Waals surface area contributed by atoms with E-state index in [0.717, 1.165) is 5.56 Å². The molecule has 1 aromatic carbocycles. The Morgan fingerprint density at radius 1 is 0.586 bits per heavy atom. The molecule has 1 N–H and O–H groups in total. The summed E-state index contributed by atoms with van der Waals surface area (Å²) in [6.45, 7) is 32.9. The molecule has 0 aliphatic rings. The molecule has 1 aromatic rings. The minimum atomic E-state index is -0.347. The second-order valence-electron chi connectivity index (χ2n) is 5.71. The monoisotopic (exact) mass is 416 g/mol. The maximum atomic E-state index is 9.11. The molecule has 29 heavy (non-hydrogen) atoms. The predicted molar refractivity (Wildman–Crippen MR) is 144 cm³/mol. The number of benzene rings is 1. The zero-order valence-corrected chi connectivity index (χ0v) is 23.9. The predicted octanol–water partition coefficient (Wildman–Crippen LogP) is 11.2. The molecule has 0 fully saturated rings. The molecular weight excluding hydrogens is 352 g/mol. The fourth-order valence-corrected chi connectivity index (χ4v) is 0.845. The van der Waals surface area contributed by atoms with Gasteiger partial charge in [0.1, 0.15) is 0 Å². The summed E-state index contributed by atoms with van der Waals surface area (Å²) in [6, 6.07) is 7.89. The number of hydrogen-bond acceptors (Lipinski definition) is 1. The molecule has 1 unspecified atom stereocenters. The molecule has 1 atom stereocenters. The first-order chi connectivity index (χ1) is 13.9. The molecule has 0 saturated carbocycles. The van der Waals surface area contributed by atoms with Crippen molar-refractivity contribution in [3.05, 3.63) is 35.4 Å². The second-order valence-corrected chi connectivity index (χ2v) is 5.71. The molecule has 0 spiro atoms. The molecule has 1 rings (SSSR count). The Bertz CT molecular complexity index is 255. The van der Waals surface area contributed by atoms with Gasteiger partial charge in [-0.2, -0.15) is 0 Å². The van der Waals surface area contributed by atoms with E-state index >= 15 is 0 Å². The van der Waals surface area contributed by atoms with Gasteiger partial charge in [-0.1, -0.05) is 159 Å². The summed E-state index contributed by atoms with van der Waals surface area (Å²) in [5, 5.41) is 9.11. The fraction of sp³-hybridized carbons (Fsp3) is 0.786. The molecule has 0 radical (unpaired) electrons. The molecule has 0 aliphatic heterocycles. The van der Waals surface area contributed by atoms with Gasteiger partial charge in [0.2, 0.25) is 0 Å². The SMILES string of the molecule is CC.CC.CC.CCC.CCC.CCC.CCCC.Cc1ccc(C(C)O)cc1. The van der Waals surface area contributed by atoms with Gasteiger partial charge in [0, 0.05) is 0 Å². The van der Waals surface area contributed by atoms with Crippen LogP contribution < -0.4 is 0 Å². The van der Waals surface area contributed by atoms with Gasteiger partial charge in [-0.3, -0.25) is 0 Å². The molecule has 182 valence electrons. The highest BCUT2D eigenvalue weighted by molar-refractivity contribution is 5.22. The fourth-order valence-electron chi connectivity index (χ4n) is 0.845. The Balaban J connectivity index is -0.0000000435. The maximum absolute atomic E-state index is 9.11. The Labute approximate surface area is 189 Å². The van der Waals surface area contributed by atoms with Crippen molar-refractivity contribution in [1.29, 1.82) is 0 Å². The average molecular weight is 417 g/mol. The standard InChI is InChI=1S/C9H12O.C4H10.3C3H8.3C2H6/c1-7-3-5-9(6-4-7)8(2)10;1-3-4-2;3*1-3-2;3*1-2/h3-6,8,10H,1-2H3;3-4H2,1-2H3;3*3H2,1-2H3;3*1-2H3. The van der Waals surface area contributed by atoms with E-state index in [-0.39, 0.29) is 6.10 Å². The van der Waals surface area contributed by atoms with Gasteiger partial charge < -0.3 is 5.11 Å². The number of hydrogen-bond donors (Lipinski definition) is 1. The van der Waals surface area contributed by atoms with E-state index in [9.17, 15) is 0 Å². The van der Waals surface area contributed by atoms with Crippen LogP contribution in [-0.2, 0) is 0 Å². The van der Waals surface area contributed by atoms with Crippen molar-refractivity contribution in [2.24, 2.45) is 0 Å². The topological polar surface area (TPSA) is 20.2 Å². The smallest absolute Gasteiger partial charge is 0.0761 e. The van der Waals surface area contributed by atoms with Crippen molar-refractivity contribution in [1.82, 2.24) is 0 Å². The van der Waals surface area contributed by atoms with Crippen molar-refractivity contribution < 1.29 is 5.11 Å². The van der Waals surface area contributed by atoms with Crippen LogP contribution in [0.2, 0.25) is 0 Å². The van der Waals surface area contributed by atoms with Crippen LogP contribution in [-0.4, -0.2) is 5.11 Å². The number of unbranched alkanes of at least 4 members (excludes halogenated alkanes) is 1. The van der Waals surface area contributed by atoms with E-state index in [2.05, 4.69) is 55.4 Å². The largest absolute Gasteiger partial charge is 0.389 e. The van der Waals surface area contributed by atoms with Crippen LogP contribution in [0, 0.1) is 6.92 Å². The third-order valence-corrected chi connectivity index (χ3v) is 2.06. The zero-order chi connectivity index (χ0) is 25.1. The van der Waals surface area contributed by atoms with Crippen molar-refractivity contribution in [2.75, 3.05) is 0 Å². The van der Waals surface area contributed by atoms with Crippen molar-refractivity contribution in [2.45, 2.75) is 149 Å². The summed E-state index contributed by atoms with van der Waals surface area (Å²) in [4.78, 5) is 0. The van der Waals surface area contributed by atoms with Gasteiger partial charge in [0.25, 0.3) is 0 Å². The van der Waals surface area contributed by atoms with E-state index < -0.39 is 0 Å². The average Bonchev–Trinajstić information content (AvgIpc) is 2.75. The summed E-state index contributed by atoms with van der Waals surface area (Å²) < 4.78 is 0. The molecule has 0 bridgehead atoms. The van der Waals surface area contributed by atoms with Crippen molar-refractivity contribution >= 4 is 0 Å². The van der Waals surface area contributed by atoms with E-state index in [1.54, 1.807) is 6.92 Å². The van der Waals surface area contributed by atoms with Crippen LogP contribution in [0.1, 0.15) is 153 Å². The van der Waals surface area contributed by atoms with Gasteiger partial charge in [0.05, 0.1) is 6.10 Å². The van der Waals surface area contributed by atoms with Gasteiger partial charge in [0.15, 0.2) is 0 Å². The molecule has 1 nitrogen and oxygen atoms in total. The summed E-state index contributed by atoms with van der Waals surface area (Å²) in [5.41, 5.74) is 2.20. The Hall–Kier alpha value is -0.820. The highest BCUT2D eigenvalue weighted by Gasteiger charge is 1.96. The van der Waals surface area contributed by atoms with Gasteiger partial charge in [-0.15, -0.1) is 0 Å². The lowest BCUT2D eigenvalue weighted by atomic mass is 10.1. The molecule has 0 aliphatic carbocycles. The third kappa shape index (κ3) is 85.7. The Morgan fingerprint density at radius 3 is 0.931 bits per heavy atom. The van der Waals surface area contributed by atoms with E-state index in [4.69, 9.17) is 5.11 Å². The third-order valence-electron chi connectivity index (χ3n) is 2.06. The van der Waals surface area contributed by atoms with Crippen molar-refractivity contribution in [3.8, 4) is 0 Å². The lowest BCUT2D eigenvalue weighted by Crippen LogP contribution is -1.89. The molecule has 0 saturated heterocycles. The van der Waals surface area contributed by atoms with Gasteiger partial charge in [-0.25, -0.2) is 0 Å². The van der Waals surface area contributed by atoms with Crippen LogP contribution in [0.15, 0.2) is 24.3 Å². The second kappa shape index (κ2) is 63.1. The molecule has 0 heterocycles. The summed E-state index contributed by atoms with van der Waals surface area (Å²) in [6.07, 6.45) is 6.04. The molecular formula is C28H64O. The Morgan fingerprint density at radius 2 is 0.793 bits per heavy atom. The van der Waals surface area contributed by atoms with Crippen LogP contribution in [0.4, 0.5) is 0 Å². The zero-order valence-electron chi connectivity index (χ0n) is 23.9. The first-order valence-corrected chi connectivity index (χ1v) is 12.6. The van der Waals surface area contributed by atoms with E-state index in [1.165, 1.54) is 37.7 Å².